The highest BCUT2D eigenvalue weighted by Crippen LogP contribution is 2.38. The summed E-state index contributed by atoms with van der Waals surface area (Å²) in [6.07, 6.45) is 4.81. The molecule has 0 aliphatic rings. The third-order valence-electron chi connectivity index (χ3n) is 4.84. The maximum Gasteiger partial charge on any atom is 0.203 e. The third-order valence-corrected chi connectivity index (χ3v) is 4.84. The minimum Gasteiger partial charge on any atom is -0.493 e. The van der Waals surface area contributed by atoms with Gasteiger partial charge in [0.05, 0.1) is 21.3 Å². The molecule has 3 rings (SSSR count). The van der Waals surface area contributed by atoms with E-state index in [4.69, 9.17) is 14.2 Å². The highest BCUT2D eigenvalue weighted by atomic mass is 16.5. The molecule has 0 bridgehead atoms. The molecule has 5 heteroatoms. The van der Waals surface area contributed by atoms with Gasteiger partial charge >= 0.3 is 0 Å². The van der Waals surface area contributed by atoms with Crippen LogP contribution in [-0.4, -0.2) is 32.1 Å². The molecular formula is C23H25NO4. The second kappa shape index (κ2) is 8.21. The van der Waals surface area contributed by atoms with Gasteiger partial charge in [-0.15, -0.1) is 0 Å². The number of hydrogen-bond donors (Lipinski definition) is 1. The lowest BCUT2D eigenvalue weighted by molar-refractivity contribution is 0.103. The maximum atomic E-state index is 13.0. The van der Waals surface area contributed by atoms with Crippen molar-refractivity contribution >= 4 is 22.8 Å². The van der Waals surface area contributed by atoms with Crippen LogP contribution < -0.4 is 14.2 Å². The van der Waals surface area contributed by atoms with Crippen LogP contribution in [0.2, 0.25) is 0 Å². The fourth-order valence-corrected chi connectivity index (χ4v) is 3.27. The van der Waals surface area contributed by atoms with E-state index in [-0.39, 0.29) is 5.78 Å². The smallest absolute Gasteiger partial charge is 0.203 e. The van der Waals surface area contributed by atoms with E-state index >= 15 is 0 Å². The summed E-state index contributed by atoms with van der Waals surface area (Å²) in [4.78, 5) is 16.3. The number of ether oxygens (including phenoxy) is 3. The second-order valence-electron chi connectivity index (χ2n) is 6.55. The standard InChI is InChI=1S/C23H25NO4/c1-6-15-7-8-18-17(13-24-19(18)10-15)9-14(2)22(25)16-11-20(26-3)23(28-5)21(12-16)27-4/h7-13,24H,6H2,1-5H3. The lowest BCUT2D eigenvalue weighted by atomic mass is 10.0. The number of carbonyl (C=O) groups is 1. The van der Waals surface area contributed by atoms with Gasteiger partial charge in [-0.3, -0.25) is 4.79 Å². The molecule has 0 radical (unpaired) electrons. The first-order valence-electron chi connectivity index (χ1n) is 9.15. The largest absolute Gasteiger partial charge is 0.493 e. The number of methoxy groups -OCH3 is 3. The summed E-state index contributed by atoms with van der Waals surface area (Å²) in [5.41, 5.74) is 4.43. The summed E-state index contributed by atoms with van der Waals surface area (Å²) in [5, 5.41) is 1.09. The first-order valence-corrected chi connectivity index (χ1v) is 9.15. The lowest BCUT2D eigenvalue weighted by Gasteiger charge is -2.13. The Morgan fingerprint density at radius 3 is 2.29 bits per heavy atom. The van der Waals surface area contributed by atoms with Gasteiger partial charge in [-0.25, -0.2) is 0 Å². The SMILES string of the molecule is CCc1ccc2c(C=C(C)C(=O)c3cc(OC)c(OC)c(OC)c3)c[nH]c2c1. The quantitative estimate of drug-likeness (QED) is 0.461. The first-order chi connectivity index (χ1) is 13.5. The highest BCUT2D eigenvalue weighted by molar-refractivity contribution is 6.12. The number of nitrogens with one attached hydrogen (secondary N) is 1. The third kappa shape index (κ3) is 3.60. The number of ketones is 1. The number of allylic oxidation sites excluding steroid dienone is 1. The van der Waals surface area contributed by atoms with Crippen LogP contribution >= 0.6 is 0 Å². The van der Waals surface area contributed by atoms with Crippen LogP contribution in [0.4, 0.5) is 0 Å². The Morgan fingerprint density at radius 1 is 1.04 bits per heavy atom. The van der Waals surface area contributed by atoms with Crippen LogP contribution in [0.5, 0.6) is 17.2 Å². The summed E-state index contributed by atoms with van der Waals surface area (Å²) in [5.74, 6) is 1.28. The van der Waals surface area contributed by atoms with Crippen molar-refractivity contribution in [2.24, 2.45) is 0 Å². The molecule has 0 aliphatic carbocycles. The molecule has 1 N–H and O–H groups in total. The molecule has 0 unspecified atom stereocenters. The molecular weight excluding hydrogens is 354 g/mol. The normalized spacial score (nSPS) is 11.5. The number of carbonyl (C=O) groups excluding carboxylic acids is 1. The van der Waals surface area contributed by atoms with Crippen LogP contribution in [0.3, 0.4) is 0 Å². The van der Waals surface area contributed by atoms with Gasteiger partial charge in [-0.1, -0.05) is 19.1 Å². The zero-order valence-corrected chi connectivity index (χ0v) is 16.9. The van der Waals surface area contributed by atoms with Gasteiger partial charge in [-0.05, 0) is 48.8 Å². The Bertz CT molecular complexity index is 1020. The predicted molar refractivity (Wildman–Crippen MR) is 112 cm³/mol. The number of aryl methyl sites for hydroxylation is 1. The number of Topliss-reactive ketones (excluding diaryl/α,β-unsaturated/α-hetero) is 1. The van der Waals surface area contributed by atoms with Gasteiger partial charge in [0.25, 0.3) is 0 Å². The van der Waals surface area contributed by atoms with Crippen molar-refractivity contribution < 1.29 is 19.0 Å². The number of rotatable bonds is 7. The van der Waals surface area contributed by atoms with Gasteiger partial charge in [0.2, 0.25) is 5.75 Å². The molecule has 0 spiro atoms. The number of aromatic nitrogens is 1. The van der Waals surface area contributed by atoms with Crippen molar-refractivity contribution in [2.75, 3.05) is 21.3 Å². The van der Waals surface area contributed by atoms with E-state index in [9.17, 15) is 4.79 Å². The zero-order valence-electron chi connectivity index (χ0n) is 16.9. The average molecular weight is 379 g/mol. The molecule has 1 heterocycles. The van der Waals surface area contributed by atoms with E-state index in [1.165, 1.54) is 26.9 Å². The molecule has 0 atom stereocenters. The van der Waals surface area contributed by atoms with Gasteiger partial charge in [0.1, 0.15) is 0 Å². The van der Waals surface area contributed by atoms with Crippen molar-refractivity contribution in [3.8, 4) is 17.2 Å². The Balaban J connectivity index is 1.99. The summed E-state index contributed by atoms with van der Waals surface area (Å²) in [6.45, 7) is 3.94. The Kier molecular flexibility index (Phi) is 5.73. The Hall–Kier alpha value is -3.21. The van der Waals surface area contributed by atoms with Gasteiger partial charge < -0.3 is 19.2 Å². The van der Waals surface area contributed by atoms with Crippen LogP contribution in [-0.2, 0) is 6.42 Å². The monoisotopic (exact) mass is 379 g/mol. The number of benzene rings is 2. The zero-order chi connectivity index (χ0) is 20.3. The fourth-order valence-electron chi connectivity index (χ4n) is 3.27. The van der Waals surface area contributed by atoms with Crippen molar-refractivity contribution in [3.05, 3.63) is 58.8 Å². The molecule has 1 aromatic heterocycles. The molecule has 0 saturated carbocycles. The topological polar surface area (TPSA) is 60.6 Å². The van der Waals surface area contributed by atoms with Gasteiger partial charge in [0.15, 0.2) is 17.3 Å². The molecule has 0 aliphatic heterocycles. The minimum absolute atomic E-state index is 0.0984. The van der Waals surface area contributed by atoms with E-state index in [1.54, 1.807) is 12.1 Å². The summed E-state index contributed by atoms with van der Waals surface area (Å²) >= 11 is 0. The number of fused-ring (bicyclic) bond motifs is 1. The highest BCUT2D eigenvalue weighted by Gasteiger charge is 2.18. The molecule has 3 aromatic rings. The fraction of sp³-hybridized carbons (Fsp3) is 0.261. The summed E-state index contributed by atoms with van der Waals surface area (Å²) in [7, 11) is 4.60. The van der Waals surface area contributed by atoms with Crippen molar-refractivity contribution in [3.63, 3.8) is 0 Å². The molecule has 2 aromatic carbocycles. The van der Waals surface area contributed by atoms with Gasteiger partial charge in [-0.2, -0.15) is 0 Å². The lowest BCUT2D eigenvalue weighted by Crippen LogP contribution is -2.03. The predicted octanol–water partition coefficient (Wildman–Crippen LogP) is 5.04. The molecule has 5 nitrogen and oxygen atoms in total. The number of H-pyrrole nitrogens is 1. The molecule has 0 fully saturated rings. The van der Waals surface area contributed by atoms with Crippen LogP contribution in [0.1, 0.15) is 35.3 Å². The number of aromatic amines is 1. The molecule has 28 heavy (non-hydrogen) atoms. The molecule has 0 amide bonds. The summed E-state index contributed by atoms with van der Waals surface area (Å²) in [6, 6.07) is 9.69. The maximum absolute atomic E-state index is 13.0. The molecule has 146 valence electrons. The van der Waals surface area contributed by atoms with E-state index in [1.807, 2.05) is 19.2 Å². The van der Waals surface area contributed by atoms with Crippen LogP contribution in [0.15, 0.2) is 42.1 Å². The van der Waals surface area contributed by atoms with Crippen molar-refractivity contribution in [2.45, 2.75) is 20.3 Å². The van der Waals surface area contributed by atoms with Gasteiger partial charge in [0, 0.05) is 28.2 Å². The second-order valence-corrected chi connectivity index (χ2v) is 6.55. The van der Waals surface area contributed by atoms with Crippen molar-refractivity contribution in [1.29, 1.82) is 0 Å². The number of hydrogen-bond acceptors (Lipinski definition) is 4. The van der Waals surface area contributed by atoms with E-state index in [2.05, 4.69) is 30.1 Å². The first kappa shape index (κ1) is 19.5. The van der Waals surface area contributed by atoms with E-state index in [0.717, 1.165) is 22.9 Å². The van der Waals surface area contributed by atoms with E-state index < -0.39 is 0 Å². The summed E-state index contributed by atoms with van der Waals surface area (Å²) < 4.78 is 16.0. The van der Waals surface area contributed by atoms with E-state index in [0.29, 0.717) is 28.4 Å². The minimum atomic E-state index is -0.0984. The Labute approximate surface area is 164 Å². The molecule has 0 saturated heterocycles. The van der Waals surface area contributed by atoms with Crippen molar-refractivity contribution in [1.82, 2.24) is 4.98 Å². The average Bonchev–Trinajstić information content (AvgIpc) is 3.13. The van der Waals surface area contributed by atoms with Crippen LogP contribution in [0, 0.1) is 0 Å². The van der Waals surface area contributed by atoms with Crippen LogP contribution in [0.25, 0.3) is 17.0 Å². The Morgan fingerprint density at radius 2 is 1.71 bits per heavy atom.